The van der Waals surface area contributed by atoms with Gasteiger partial charge in [0.15, 0.2) is 0 Å². The maximum Gasteiger partial charge on any atom is 0.118 e. The van der Waals surface area contributed by atoms with Crippen LogP contribution in [0.25, 0.3) is 0 Å². The summed E-state index contributed by atoms with van der Waals surface area (Å²) >= 11 is 0. The molecular weight excluding hydrogens is 210 g/mol. The van der Waals surface area contributed by atoms with Crippen molar-refractivity contribution in [2.75, 3.05) is 20.7 Å². The van der Waals surface area contributed by atoms with Crippen molar-refractivity contribution >= 4 is 0 Å². The molecule has 1 heterocycles. The molecule has 1 fully saturated rings. The van der Waals surface area contributed by atoms with Crippen LogP contribution in [0.1, 0.15) is 31.2 Å². The molecule has 0 saturated carbocycles. The molecular formula is C15H23NO. The molecule has 0 aromatic heterocycles. The molecule has 0 N–H and O–H groups in total. The maximum absolute atomic E-state index is 5.19. The molecule has 94 valence electrons. The minimum absolute atomic E-state index is 0.714. The lowest BCUT2D eigenvalue weighted by Crippen LogP contribution is -2.32. The monoisotopic (exact) mass is 233 g/mol. The van der Waals surface area contributed by atoms with Gasteiger partial charge in [-0.1, -0.05) is 25.0 Å². The lowest BCUT2D eigenvalue weighted by Gasteiger charge is -2.25. The summed E-state index contributed by atoms with van der Waals surface area (Å²) in [4.78, 5) is 2.53. The van der Waals surface area contributed by atoms with Gasteiger partial charge in [0.05, 0.1) is 7.11 Å². The van der Waals surface area contributed by atoms with E-state index in [1.54, 1.807) is 7.11 Å². The molecule has 0 spiro atoms. The minimum Gasteiger partial charge on any atom is -0.497 e. The van der Waals surface area contributed by atoms with Crippen LogP contribution < -0.4 is 4.74 Å². The number of benzene rings is 1. The van der Waals surface area contributed by atoms with E-state index < -0.39 is 0 Å². The molecule has 1 saturated heterocycles. The van der Waals surface area contributed by atoms with Gasteiger partial charge in [-0.05, 0) is 50.6 Å². The summed E-state index contributed by atoms with van der Waals surface area (Å²) < 4.78 is 5.19. The maximum atomic E-state index is 5.19. The third kappa shape index (κ3) is 3.47. The topological polar surface area (TPSA) is 12.5 Å². The number of methoxy groups -OCH3 is 1. The van der Waals surface area contributed by atoms with E-state index in [9.17, 15) is 0 Å². The first-order valence-electron chi connectivity index (χ1n) is 6.63. The summed E-state index contributed by atoms with van der Waals surface area (Å²) in [6, 6.07) is 9.22. The molecule has 2 nitrogen and oxygen atoms in total. The van der Waals surface area contributed by atoms with Crippen LogP contribution >= 0.6 is 0 Å². The number of likely N-dealkylation sites (tertiary alicyclic amines) is 1. The average Bonchev–Trinajstić information content (AvgIpc) is 2.56. The van der Waals surface area contributed by atoms with Crippen LogP contribution in [0.15, 0.2) is 24.3 Å². The molecule has 0 bridgehead atoms. The SMILES string of the molecule is COc1ccc(CC2CCCCCN2C)cc1. The van der Waals surface area contributed by atoms with E-state index in [2.05, 4.69) is 36.2 Å². The largest absolute Gasteiger partial charge is 0.497 e. The second kappa shape index (κ2) is 6.06. The van der Waals surface area contributed by atoms with Crippen molar-refractivity contribution in [2.24, 2.45) is 0 Å². The van der Waals surface area contributed by atoms with E-state index >= 15 is 0 Å². The molecule has 1 aromatic carbocycles. The molecule has 2 rings (SSSR count). The summed E-state index contributed by atoms with van der Waals surface area (Å²) in [6.45, 7) is 1.25. The van der Waals surface area contributed by atoms with Crippen molar-refractivity contribution in [1.29, 1.82) is 0 Å². The number of ether oxygens (including phenoxy) is 1. The van der Waals surface area contributed by atoms with Gasteiger partial charge < -0.3 is 9.64 Å². The number of likely N-dealkylation sites (N-methyl/N-ethyl adjacent to an activating group) is 1. The third-order valence-electron chi connectivity index (χ3n) is 3.80. The zero-order valence-electron chi connectivity index (χ0n) is 11.0. The van der Waals surface area contributed by atoms with Crippen molar-refractivity contribution in [3.63, 3.8) is 0 Å². The molecule has 1 aromatic rings. The second-order valence-corrected chi connectivity index (χ2v) is 5.04. The normalized spacial score (nSPS) is 22.1. The fourth-order valence-corrected chi connectivity index (χ4v) is 2.61. The fraction of sp³-hybridized carbons (Fsp3) is 0.600. The Hall–Kier alpha value is -1.02. The number of nitrogens with zero attached hydrogens (tertiary/aromatic N) is 1. The van der Waals surface area contributed by atoms with Crippen LogP contribution in [0.3, 0.4) is 0 Å². The van der Waals surface area contributed by atoms with Gasteiger partial charge >= 0.3 is 0 Å². The van der Waals surface area contributed by atoms with Crippen molar-refractivity contribution in [3.05, 3.63) is 29.8 Å². The van der Waals surface area contributed by atoms with Crippen molar-refractivity contribution in [3.8, 4) is 5.75 Å². The Labute approximate surface area is 105 Å². The zero-order valence-corrected chi connectivity index (χ0v) is 11.0. The van der Waals surface area contributed by atoms with E-state index in [0.717, 1.165) is 5.75 Å². The lowest BCUT2D eigenvalue weighted by molar-refractivity contribution is 0.245. The Morgan fingerprint density at radius 3 is 2.65 bits per heavy atom. The highest BCUT2D eigenvalue weighted by molar-refractivity contribution is 5.27. The molecule has 0 aliphatic carbocycles. The highest BCUT2D eigenvalue weighted by Gasteiger charge is 2.17. The van der Waals surface area contributed by atoms with Gasteiger partial charge in [0.1, 0.15) is 5.75 Å². The van der Waals surface area contributed by atoms with E-state index in [4.69, 9.17) is 4.74 Å². The van der Waals surface area contributed by atoms with Crippen LogP contribution in [0.5, 0.6) is 5.75 Å². The van der Waals surface area contributed by atoms with E-state index in [-0.39, 0.29) is 0 Å². The van der Waals surface area contributed by atoms with Crippen LogP contribution in [-0.2, 0) is 6.42 Å². The molecule has 1 aliphatic heterocycles. The van der Waals surface area contributed by atoms with Gasteiger partial charge in [-0.15, -0.1) is 0 Å². The molecule has 0 radical (unpaired) electrons. The predicted octanol–water partition coefficient (Wildman–Crippen LogP) is 3.11. The first kappa shape index (κ1) is 12.4. The molecule has 1 unspecified atom stereocenters. The Bertz CT molecular complexity index is 333. The van der Waals surface area contributed by atoms with Gasteiger partial charge in [0, 0.05) is 6.04 Å². The Morgan fingerprint density at radius 2 is 1.94 bits per heavy atom. The standard InChI is InChI=1S/C15H23NO/c1-16-11-5-3-4-6-14(16)12-13-7-9-15(17-2)10-8-13/h7-10,14H,3-6,11-12H2,1-2H3. The Morgan fingerprint density at radius 1 is 1.18 bits per heavy atom. The van der Waals surface area contributed by atoms with E-state index in [1.807, 2.05) is 0 Å². The highest BCUT2D eigenvalue weighted by Crippen LogP contribution is 2.20. The lowest BCUT2D eigenvalue weighted by atomic mass is 10.0. The number of hydrogen-bond acceptors (Lipinski definition) is 2. The number of rotatable bonds is 3. The summed E-state index contributed by atoms with van der Waals surface area (Å²) in [5, 5.41) is 0. The quantitative estimate of drug-likeness (QED) is 0.795. The van der Waals surface area contributed by atoms with Crippen molar-refractivity contribution in [1.82, 2.24) is 4.90 Å². The van der Waals surface area contributed by atoms with Crippen LogP contribution in [0.2, 0.25) is 0 Å². The first-order valence-corrected chi connectivity index (χ1v) is 6.63. The van der Waals surface area contributed by atoms with Gasteiger partial charge in [0.25, 0.3) is 0 Å². The summed E-state index contributed by atoms with van der Waals surface area (Å²) in [5.74, 6) is 0.947. The van der Waals surface area contributed by atoms with Crippen LogP contribution in [0, 0.1) is 0 Å². The Balaban J connectivity index is 1.98. The second-order valence-electron chi connectivity index (χ2n) is 5.04. The first-order chi connectivity index (χ1) is 8.29. The molecule has 17 heavy (non-hydrogen) atoms. The highest BCUT2D eigenvalue weighted by atomic mass is 16.5. The molecule has 2 heteroatoms. The number of hydrogen-bond donors (Lipinski definition) is 0. The molecule has 1 atom stereocenters. The predicted molar refractivity (Wildman–Crippen MR) is 71.6 cm³/mol. The molecule has 0 amide bonds. The smallest absolute Gasteiger partial charge is 0.118 e. The third-order valence-corrected chi connectivity index (χ3v) is 3.80. The average molecular weight is 233 g/mol. The molecule has 1 aliphatic rings. The van der Waals surface area contributed by atoms with E-state index in [1.165, 1.54) is 44.2 Å². The van der Waals surface area contributed by atoms with E-state index in [0.29, 0.717) is 6.04 Å². The summed E-state index contributed by atoms with van der Waals surface area (Å²) in [5.41, 5.74) is 1.42. The summed E-state index contributed by atoms with van der Waals surface area (Å²) in [6.07, 6.45) is 6.63. The van der Waals surface area contributed by atoms with Gasteiger partial charge in [-0.3, -0.25) is 0 Å². The zero-order chi connectivity index (χ0) is 12.1. The van der Waals surface area contributed by atoms with Crippen molar-refractivity contribution in [2.45, 2.75) is 38.1 Å². The van der Waals surface area contributed by atoms with Gasteiger partial charge in [-0.2, -0.15) is 0 Å². The fourth-order valence-electron chi connectivity index (χ4n) is 2.61. The van der Waals surface area contributed by atoms with Gasteiger partial charge in [-0.25, -0.2) is 0 Å². The summed E-state index contributed by atoms with van der Waals surface area (Å²) in [7, 11) is 3.98. The van der Waals surface area contributed by atoms with Crippen LogP contribution in [-0.4, -0.2) is 31.6 Å². The minimum atomic E-state index is 0.714. The Kier molecular flexibility index (Phi) is 4.43. The van der Waals surface area contributed by atoms with Crippen molar-refractivity contribution < 1.29 is 4.74 Å². The van der Waals surface area contributed by atoms with Gasteiger partial charge in [0.2, 0.25) is 0 Å². The van der Waals surface area contributed by atoms with Crippen LogP contribution in [0.4, 0.5) is 0 Å².